The minimum Gasteiger partial charge on any atom is -0.324 e. The van der Waals surface area contributed by atoms with Gasteiger partial charge >= 0.3 is 0 Å². The quantitative estimate of drug-likeness (QED) is 0.849. The Morgan fingerprint density at radius 1 is 1.18 bits per heavy atom. The topological polar surface area (TPSA) is 74.7 Å². The van der Waals surface area contributed by atoms with Gasteiger partial charge in [-0.1, -0.05) is 23.2 Å². The average molecular weight is 357 g/mol. The molecule has 0 aliphatic carbocycles. The summed E-state index contributed by atoms with van der Waals surface area (Å²) in [4.78, 5) is 5.44. The van der Waals surface area contributed by atoms with E-state index in [0.29, 0.717) is 10.7 Å². The summed E-state index contributed by atoms with van der Waals surface area (Å²) in [5.41, 5.74) is 1.02. The van der Waals surface area contributed by atoms with Gasteiger partial charge in [0.2, 0.25) is 5.96 Å². The largest absolute Gasteiger partial charge is 0.324 e. The van der Waals surface area contributed by atoms with Gasteiger partial charge in [0.25, 0.3) is 10.0 Å². The number of anilines is 2. The van der Waals surface area contributed by atoms with E-state index in [0.717, 1.165) is 5.69 Å². The van der Waals surface area contributed by atoms with Crippen molar-refractivity contribution in [2.24, 2.45) is 4.40 Å². The van der Waals surface area contributed by atoms with Gasteiger partial charge in [0.15, 0.2) is 0 Å². The molecular weight excluding hydrogens is 347 g/mol. The number of nitrogens with zero attached hydrogens (tertiary/aromatic N) is 3. The van der Waals surface area contributed by atoms with Gasteiger partial charge in [-0.25, -0.2) is 0 Å². The van der Waals surface area contributed by atoms with Crippen molar-refractivity contribution in [3.8, 4) is 0 Å². The van der Waals surface area contributed by atoms with Crippen LogP contribution in [0.15, 0.2) is 46.0 Å². The minimum absolute atomic E-state index is 0.0318. The Morgan fingerprint density at radius 3 is 2.55 bits per heavy atom. The third kappa shape index (κ3) is 2.63. The zero-order chi connectivity index (χ0) is 15.9. The van der Waals surface area contributed by atoms with Crippen LogP contribution in [0.5, 0.6) is 0 Å². The van der Waals surface area contributed by atoms with Gasteiger partial charge in [0.1, 0.15) is 4.90 Å². The van der Waals surface area contributed by atoms with Crippen LogP contribution in [0.1, 0.15) is 0 Å². The highest BCUT2D eigenvalue weighted by atomic mass is 35.5. The van der Waals surface area contributed by atoms with Crippen molar-refractivity contribution in [1.82, 2.24) is 4.98 Å². The highest BCUT2D eigenvalue weighted by Gasteiger charge is 2.30. The lowest BCUT2D eigenvalue weighted by atomic mass is 10.3. The fourth-order valence-corrected chi connectivity index (χ4v) is 4.02. The number of rotatable bonds is 1. The second-order valence-electron chi connectivity index (χ2n) is 4.54. The molecule has 0 fully saturated rings. The maximum atomic E-state index is 12.4. The standard InChI is InChI=1S/C13H10Cl2N4O2S/c1-19(9-2-4-16-5-3-9)13-17-11-7-8(14)6-10(15)12(11)22(20,21)18-13/h2-7H,1H3,(H,17,18). The number of hydrogen-bond donors (Lipinski definition) is 1. The first-order valence-corrected chi connectivity index (χ1v) is 8.33. The molecule has 0 spiro atoms. The highest BCUT2D eigenvalue weighted by Crippen LogP contribution is 2.36. The molecule has 1 aromatic carbocycles. The van der Waals surface area contributed by atoms with Gasteiger partial charge in [-0.05, 0) is 24.3 Å². The number of benzene rings is 1. The molecule has 0 atom stereocenters. The maximum Gasteiger partial charge on any atom is 0.289 e. The van der Waals surface area contributed by atoms with Gasteiger partial charge in [0.05, 0.1) is 10.7 Å². The van der Waals surface area contributed by atoms with Crippen LogP contribution in [0.2, 0.25) is 10.0 Å². The molecule has 1 aliphatic rings. The highest BCUT2D eigenvalue weighted by molar-refractivity contribution is 7.90. The van der Waals surface area contributed by atoms with Crippen LogP contribution in [0.3, 0.4) is 0 Å². The molecule has 114 valence electrons. The Bertz CT molecular complexity index is 869. The monoisotopic (exact) mass is 356 g/mol. The molecule has 0 amide bonds. The van der Waals surface area contributed by atoms with Crippen LogP contribution in [-0.2, 0) is 10.0 Å². The van der Waals surface area contributed by atoms with E-state index >= 15 is 0 Å². The van der Waals surface area contributed by atoms with Crippen molar-refractivity contribution < 1.29 is 8.42 Å². The number of hydrogen-bond acceptors (Lipinski definition) is 5. The summed E-state index contributed by atoms with van der Waals surface area (Å²) in [6.45, 7) is 0. The Morgan fingerprint density at radius 2 is 1.86 bits per heavy atom. The van der Waals surface area contributed by atoms with Gasteiger partial charge < -0.3 is 10.2 Å². The predicted octanol–water partition coefficient (Wildman–Crippen LogP) is 3.00. The van der Waals surface area contributed by atoms with Gasteiger partial charge in [0, 0.05) is 30.2 Å². The third-order valence-electron chi connectivity index (χ3n) is 3.09. The molecule has 0 bridgehead atoms. The van der Waals surface area contributed by atoms with Crippen LogP contribution in [-0.4, -0.2) is 26.4 Å². The molecule has 0 saturated carbocycles. The van der Waals surface area contributed by atoms with Crippen LogP contribution >= 0.6 is 23.2 Å². The minimum atomic E-state index is -3.91. The Labute approximate surface area is 137 Å². The maximum absolute atomic E-state index is 12.4. The van der Waals surface area contributed by atoms with E-state index in [-0.39, 0.29) is 15.9 Å². The SMILES string of the molecule is CN(C1=NS(=O)(=O)c2c(Cl)cc(Cl)cc2N1)c1ccncc1. The summed E-state index contributed by atoms with van der Waals surface area (Å²) < 4.78 is 28.5. The van der Waals surface area contributed by atoms with Crippen LogP contribution < -0.4 is 10.2 Å². The summed E-state index contributed by atoms with van der Waals surface area (Å²) in [5.74, 6) is 0.150. The van der Waals surface area contributed by atoms with E-state index in [4.69, 9.17) is 23.2 Å². The number of guanidine groups is 1. The van der Waals surface area contributed by atoms with Crippen LogP contribution in [0.4, 0.5) is 11.4 Å². The van der Waals surface area contributed by atoms with E-state index in [1.807, 2.05) is 0 Å². The van der Waals surface area contributed by atoms with Crippen molar-refractivity contribution in [3.63, 3.8) is 0 Å². The van der Waals surface area contributed by atoms with Crippen molar-refractivity contribution in [2.75, 3.05) is 17.3 Å². The van der Waals surface area contributed by atoms with E-state index in [9.17, 15) is 8.42 Å². The van der Waals surface area contributed by atoms with E-state index in [1.165, 1.54) is 12.1 Å². The summed E-state index contributed by atoms with van der Waals surface area (Å²) in [6.07, 6.45) is 3.21. The van der Waals surface area contributed by atoms with Crippen LogP contribution in [0.25, 0.3) is 0 Å². The van der Waals surface area contributed by atoms with Crippen molar-refractivity contribution in [2.45, 2.75) is 4.90 Å². The molecule has 2 heterocycles. The molecule has 1 aromatic heterocycles. The Hall–Kier alpha value is -1.83. The molecule has 0 unspecified atom stereocenters. The zero-order valence-corrected chi connectivity index (χ0v) is 13.6. The summed E-state index contributed by atoms with van der Waals surface area (Å²) in [6, 6.07) is 6.33. The summed E-state index contributed by atoms with van der Waals surface area (Å²) in [5, 5.41) is 3.30. The molecule has 1 N–H and O–H groups in total. The first-order chi connectivity index (χ1) is 10.4. The fraction of sp³-hybridized carbons (Fsp3) is 0.0769. The number of sulfonamides is 1. The average Bonchev–Trinajstić information content (AvgIpc) is 2.45. The number of aromatic nitrogens is 1. The van der Waals surface area contributed by atoms with E-state index in [2.05, 4.69) is 14.7 Å². The molecule has 9 heteroatoms. The Kier molecular flexibility index (Phi) is 3.72. The number of fused-ring (bicyclic) bond motifs is 1. The molecule has 3 rings (SSSR count). The molecular formula is C13H10Cl2N4O2S. The molecule has 0 saturated heterocycles. The zero-order valence-electron chi connectivity index (χ0n) is 11.3. The van der Waals surface area contributed by atoms with Gasteiger partial charge in [-0.2, -0.15) is 8.42 Å². The van der Waals surface area contributed by atoms with Crippen molar-refractivity contribution in [1.29, 1.82) is 0 Å². The number of nitrogens with one attached hydrogen (secondary N) is 1. The molecule has 22 heavy (non-hydrogen) atoms. The third-order valence-corrected chi connectivity index (χ3v) is 5.08. The lowest BCUT2D eigenvalue weighted by molar-refractivity contribution is 0.597. The fourth-order valence-electron chi connectivity index (χ4n) is 2.05. The molecule has 6 nitrogen and oxygen atoms in total. The Balaban J connectivity index is 2.09. The lowest BCUT2D eigenvalue weighted by Gasteiger charge is -2.26. The number of halogens is 2. The lowest BCUT2D eigenvalue weighted by Crippen LogP contribution is -2.36. The normalized spacial score (nSPS) is 15.5. The first kappa shape index (κ1) is 15.1. The second-order valence-corrected chi connectivity index (χ2v) is 6.93. The smallest absolute Gasteiger partial charge is 0.289 e. The van der Waals surface area contributed by atoms with E-state index < -0.39 is 10.0 Å². The second kappa shape index (κ2) is 5.42. The van der Waals surface area contributed by atoms with Crippen LogP contribution in [0, 0.1) is 0 Å². The van der Waals surface area contributed by atoms with E-state index in [1.54, 1.807) is 36.5 Å². The van der Waals surface area contributed by atoms with Gasteiger partial charge in [-0.15, -0.1) is 4.40 Å². The van der Waals surface area contributed by atoms with Gasteiger partial charge in [-0.3, -0.25) is 4.98 Å². The number of pyridine rings is 1. The van der Waals surface area contributed by atoms with Crippen molar-refractivity contribution >= 4 is 50.6 Å². The molecule has 1 aliphatic heterocycles. The first-order valence-electron chi connectivity index (χ1n) is 6.13. The predicted molar refractivity (Wildman–Crippen MR) is 87.3 cm³/mol. The summed E-state index contributed by atoms with van der Waals surface area (Å²) in [7, 11) is -2.23. The molecule has 0 radical (unpaired) electrons. The summed E-state index contributed by atoms with van der Waals surface area (Å²) >= 11 is 11.9. The van der Waals surface area contributed by atoms with Crippen molar-refractivity contribution in [3.05, 3.63) is 46.7 Å². The molecule has 2 aromatic rings.